The Hall–Kier alpha value is -2.59. The van der Waals surface area contributed by atoms with Gasteiger partial charge in [-0.3, -0.25) is 4.79 Å². The van der Waals surface area contributed by atoms with Crippen LogP contribution in [0.1, 0.15) is 29.1 Å². The molecule has 23 heavy (non-hydrogen) atoms. The molecule has 3 rings (SSSR count). The molecule has 0 aliphatic carbocycles. The van der Waals surface area contributed by atoms with Crippen LogP contribution in [-0.2, 0) is 4.74 Å². The van der Waals surface area contributed by atoms with E-state index < -0.39 is 0 Å². The lowest BCUT2D eigenvalue weighted by molar-refractivity contribution is 0.0643. The van der Waals surface area contributed by atoms with Gasteiger partial charge in [0.05, 0.1) is 6.04 Å². The molecule has 118 valence electrons. The maximum Gasteiger partial charge on any atom is 0.268 e. The molecular formula is C19H20N2O2. The molecule has 0 aliphatic heterocycles. The zero-order valence-corrected chi connectivity index (χ0v) is 13.2. The highest BCUT2D eigenvalue weighted by Gasteiger charge is 2.21. The Labute approximate surface area is 135 Å². The number of rotatable bonds is 5. The molecule has 0 spiro atoms. The third-order valence-electron chi connectivity index (χ3n) is 3.97. The van der Waals surface area contributed by atoms with Gasteiger partial charge in [0.15, 0.2) is 0 Å². The Balaban J connectivity index is 1.75. The zero-order valence-electron chi connectivity index (χ0n) is 13.2. The summed E-state index contributed by atoms with van der Waals surface area (Å²) in [6.07, 6.45) is -0.190. The van der Waals surface area contributed by atoms with Crippen LogP contribution in [0.3, 0.4) is 0 Å². The van der Waals surface area contributed by atoms with Crippen LogP contribution in [0, 0.1) is 0 Å². The standard InChI is InChI=1S/C19H20N2O2/c1-13(18(23-2)14-8-4-3-5-9-14)20-19(22)17-12-15-10-6-7-11-16(15)21-17/h3-13,18,21H,1-2H3,(H,20,22). The Morgan fingerprint density at radius 2 is 1.78 bits per heavy atom. The number of hydrogen-bond donors (Lipinski definition) is 2. The second-order valence-corrected chi connectivity index (χ2v) is 5.60. The van der Waals surface area contributed by atoms with Gasteiger partial charge in [-0.05, 0) is 24.6 Å². The van der Waals surface area contributed by atoms with E-state index in [0.29, 0.717) is 5.69 Å². The molecule has 2 N–H and O–H groups in total. The highest BCUT2D eigenvalue weighted by molar-refractivity contribution is 5.98. The van der Waals surface area contributed by atoms with Crippen molar-refractivity contribution in [2.24, 2.45) is 0 Å². The summed E-state index contributed by atoms with van der Waals surface area (Å²) in [6.45, 7) is 1.95. The first-order valence-corrected chi connectivity index (χ1v) is 7.65. The number of para-hydroxylation sites is 1. The number of nitrogens with one attached hydrogen (secondary N) is 2. The van der Waals surface area contributed by atoms with Crippen molar-refractivity contribution in [1.82, 2.24) is 10.3 Å². The summed E-state index contributed by atoms with van der Waals surface area (Å²) in [7, 11) is 1.66. The minimum Gasteiger partial charge on any atom is -0.375 e. The molecule has 1 amide bonds. The van der Waals surface area contributed by atoms with Crippen molar-refractivity contribution in [2.45, 2.75) is 19.1 Å². The number of methoxy groups -OCH3 is 1. The molecule has 0 bridgehead atoms. The summed E-state index contributed by atoms with van der Waals surface area (Å²) in [5.41, 5.74) is 2.55. The fourth-order valence-electron chi connectivity index (χ4n) is 2.83. The molecule has 0 saturated heterocycles. The quantitative estimate of drug-likeness (QED) is 0.755. The van der Waals surface area contributed by atoms with Gasteiger partial charge in [-0.25, -0.2) is 0 Å². The Kier molecular flexibility index (Phi) is 4.44. The van der Waals surface area contributed by atoms with Crippen molar-refractivity contribution in [1.29, 1.82) is 0 Å². The molecule has 1 heterocycles. The lowest BCUT2D eigenvalue weighted by Crippen LogP contribution is -2.37. The van der Waals surface area contributed by atoms with Crippen LogP contribution in [0.25, 0.3) is 10.9 Å². The molecule has 0 fully saturated rings. The van der Waals surface area contributed by atoms with Crippen molar-refractivity contribution < 1.29 is 9.53 Å². The highest BCUT2D eigenvalue weighted by Crippen LogP contribution is 2.21. The zero-order chi connectivity index (χ0) is 16.2. The van der Waals surface area contributed by atoms with Crippen LogP contribution in [0.5, 0.6) is 0 Å². The van der Waals surface area contributed by atoms with Crippen molar-refractivity contribution in [3.63, 3.8) is 0 Å². The maximum atomic E-state index is 12.5. The van der Waals surface area contributed by atoms with E-state index in [9.17, 15) is 4.79 Å². The largest absolute Gasteiger partial charge is 0.375 e. The van der Waals surface area contributed by atoms with E-state index in [-0.39, 0.29) is 18.1 Å². The molecule has 4 nitrogen and oxygen atoms in total. The van der Waals surface area contributed by atoms with E-state index in [1.165, 1.54) is 0 Å². The molecule has 3 aromatic rings. The van der Waals surface area contributed by atoms with Crippen LogP contribution < -0.4 is 5.32 Å². The predicted molar refractivity (Wildman–Crippen MR) is 91.4 cm³/mol. The van der Waals surface area contributed by atoms with Crippen LogP contribution in [-0.4, -0.2) is 24.0 Å². The highest BCUT2D eigenvalue weighted by atomic mass is 16.5. The van der Waals surface area contributed by atoms with Gasteiger partial charge in [0.25, 0.3) is 5.91 Å². The van der Waals surface area contributed by atoms with Gasteiger partial charge in [-0.1, -0.05) is 48.5 Å². The molecule has 2 aromatic carbocycles. The first-order chi connectivity index (χ1) is 11.2. The number of benzene rings is 2. The maximum absolute atomic E-state index is 12.5. The number of H-pyrrole nitrogens is 1. The number of carbonyl (C=O) groups excluding carboxylic acids is 1. The van der Waals surface area contributed by atoms with Crippen molar-refractivity contribution >= 4 is 16.8 Å². The number of aromatic amines is 1. The minimum atomic E-state index is -0.190. The fourth-order valence-corrected chi connectivity index (χ4v) is 2.83. The predicted octanol–water partition coefficient (Wildman–Crippen LogP) is 3.67. The van der Waals surface area contributed by atoms with Crippen molar-refractivity contribution in [2.75, 3.05) is 7.11 Å². The molecule has 2 atom stereocenters. The first-order valence-electron chi connectivity index (χ1n) is 7.65. The average molecular weight is 308 g/mol. The summed E-state index contributed by atoms with van der Waals surface area (Å²) < 4.78 is 5.57. The second kappa shape index (κ2) is 6.67. The third-order valence-corrected chi connectivity index (χ3v) is 3.97. The SMILES string of the molecule is COC(c1ccccc1)C(C)NC(=O)c1cc2ccccc2[nH]1. The van der Waals surface area contributed by atoms with Gasteiger partial charge >= 0.3 is 0 Å². The normalized spacial score (nSPS) is 13.7. The summed E-state index contributed by atoms with van der Waals surface area (Å²) in [5.74, 6) is -0.133. The lowest BCUT2D eigenvalue weighted by atomic mass is 10.0. The van der Waals surface area contributed by atoms with E-state index >= 15 is 0 Å². The molecule has 0 saturated carbocycles. The molecule has 2 unspecified atom stereocenters. The molecule has 0 aliphatic rings. The first kappa shape index (κ1) is 15.3. The van der Waals surface area contributed by atoms with Crippen molar-refractivity contribution in [3.05, 3.63) is 71.9 Å². The van der Waals surface area contributed by atoms with Crippen molar-refractivity contribution in [3.8, 4) is 0 Å². The number of amides is 1. The second-order valence-electron chi connectivity index (χ2n) is 5.60. The summed E-state index contributed by atoms with van der Waals surface area (Å²) in [5, 5.41) is 4.04. The number of hydrogen-bond acceptors (Lipinski definition) is 2. The third kappa shape index (κ3) is 3.27. The van der Waals surface area contributed by atoms with Gasteiger partial charge in [0, 0.05) is 18.0 Å². The lowest BCUT2D eigenvalue weighted by Gasteiger charge is -2.24. The Morgan fingerprint density at radius 1 is 1.09 bits per heavy atom. The summed E-state index contributed by atoms with van der Waals surface area (Å²) in [4.78, 5) is 15.6. The summed E-state index contributed by atoms with van der Waals surface area (Å²) in [6, 6.07) is 19.4. The van der Waals surface area contributed by atoms with E-state index in [4.69, 9.17) is 4.74 Å². The average Bonchev–Trinajstić information content (AvgIpc) is 3.01. The van der Waals surface area contributed by atoms with E-state index in [0.717, 1.165) is 16.5 Å². The smallest absolute Gasteiger partial charge is 0.268 e. The molecule has 4 heteroatoms. The van der Waals surface area contributed by atoms with E-state index in [1.807, 2.05) is 67.6 Å². The van der Waals surface area contributed by atoms with Gasteiger partial charge in [-0.15, -0.1) is 0 Å². The Bertz CT molecular complexity index is 762. The monoisotopic (exact) mass is 308 g/mol. The number of carbonyl (C=O) groups is 1. The van der Waals surface area contributed by atoms with Crippen LogP contribution in [0.4, 0.5) is 0 Å². The van der Waals surface area contributed by atoms with Gasteiger partial charge < -0.3 is 15.0 Å². The fraction of sp³-hybridized carbons (Fsp3) is 0.211. The van der Waals surface area contributed by atoms with Crippen LogP contribution in [0.15, 0.2) is 60.7 Å². The van der Waals surface area contributed by atoms with Gasteiger partial charge in [0.1, 0.15) is 11.8 Å². The van der Waals surface area contributed by atoms with E-state index in [1.54, 1.807) is 7.11 Å². The van der Waals surface area contributed by atoms with Gasteiger partial charge in [-0.2, -0.15) is 0 Å². The molecular weight excluding hydrogens is 288 g/mol. The van der Waals surface area contributed by atoms with Crippen LogP contribution >= 0.6 is 0 Å². The number of aromatic nitrogens is 1. The minimum absolute atomic E-state index is 0.133. The number of fused-ring (bicyclic) bond motifs is 1. The number of ether oxygens (including phenoxy) is 1. The topological polar surface area (TPSA) is 54.1 Å². The van der Waals surface area contributed by atoms with Gasteiger partial charge in [0.2, 0.25) is 0 Å². The molecule has 1 aromatic heterocycles. The van der Waals surface area contributed by atoms with E-state index in [2.05, 4.69) is 10.3 Å². The molecule has 0 radical (unpaired) electrons. The summed E-state index contributed by atoms with van der Waals surface area (Å²) >= 11 is 0. The van der Waals surface area contributed by atoms with Crippen LogP contribution in [0.2, 0.25) is 0 Å². The Morgan fingerprint density at radius 3 is 2.48 bits per heavy atom.